The summed E-state index contributed by atoms with van der Waals surface area (Å²) in [7, 11) is 0. The van der Waals surface area contributed by atoms with Crippen LogP contribution in [0.15, 0.2) is 24.3 Å². The Morgan fingerprint density at radius 2 is 1.83 bits per heavy atom. The van der Waals surface area contributed by atoms with Crippen molar-refractivity contribution in [1.82, 2.24) is 0 Å². The Labute approximate surface area is 109 Å². The molecule has 0 N–H and O–H groups in total. The maximum atomic E-state index is 9.20. The summed E-state index contributed by atoms with van der Waals surface area (Å²) < 4.78 is 0. The summed E-state index contributed by atoms with van der Waals surface area (Å²) in [5.41, 5.74) is 2.52. The molecule has 1 aliphatic heterocycles. The second kappa shape index (κ2) is 4.65. The first kappa shape index (κ1) is 11.6. The lowest BCUT2D eigenvalue weighted by molar-refractivity contribution is 0.219. The maximum Gasteiger partial charge on any atom is 0.101 e. The summed E-state index contributed by atoms with van der Waals surface area (Å²) in [5, 5.41) is 9.20. The molecule has 2 nitrogen and oxygen atoms in total. The molecule has 2 aliphatic rings. The zero-order chi connectivity index (χ0) is 12.4. The Hall–Kier alpha value is -1.49. The topological polar surface area (TPSA) is 27.0 Å². The van der Waals surface area contributed by atoms with E-state index in [9.17, 15) is 5.26 Å². The van der Waals surface area contributed by atoms with Crippen molar-refractivity contribution in [3.63, 3.8) is 0 Å². The van der Waals surface area contributed by atoms with Gasteiger partial charge in [-0.15, -0.1) is 0 Å². The molecule has 1 spiro atoms. The van der Waals surface area contributed by atoms with Crippen molar-refractivity contribution >= 4 is 5.69 Å². The molecular formula is C16H20N2. The molecule has 1 aromatic carbocycles. The fourth-order valence-corrected chi connectivity index (χ4v) is 3.69. The minimum absolute atomic E-state index is 0.556. The van der Waals surface area contributed by atoms with Crippen LogP contribution < -0.4 is 4.90 Å². The van der Waals surface area contributed by atoms with Gasteiger partial charge in [0.05, 0.1) is 11.3 Å². The van der Waals surface area contributed by atoms with Crippen LogP contribution in [0.4, 0.5) is 5.69 Å². The van der Waals surface area contributed by atoms with Crippen LogP contribution in [0.25, 0.3) is 0 Å². The molecule has 1 saturated heterocycles. The minimum Gasteiger partial charge on any atom is -0.370 e. The number of para-hydroxylation sites is 1. The van der Waals surface area contributed by atoms with Gasteiger partial charge in [-0.3, -0.25) is 0 Å². The average molecular weight is 240 g/mol. The lowest BCUT2D eigenvalue weighted by atomic mass is 9.73. The van der Waals surface area contributed by atoms with Crippen LogP contribution in [0.5, 0.6) is 0 Å². The first-order valence-electron chi connectivity index (χ1n) is 7.07. The van der Waals surface area contributed by atoms with Crippen molar-refractivity contribution in [1.29, 1.82) is 5.26 Å². The summed E-state index contributed by atoms with van der Waals surface area (Å²) in [4.78, 5) is 2.43. The highest BCUT2D eigenvalue weighted by atomic mass is 15.2. The molecule has 94 valence electrons. The molecule has 2 heteroatoms. The van der Waals surface area contributed by atoms with Crippen LogP contribution in [0.1, 0.15) is 44.1 Å². The van der Waals surface area contributed by atoms with Gasteiger partial charge in [0.2, 0.25) is 0 Å². The van der Waals surface area contributed by atoms with Crippen LogP contribution in [0, 0.1) is 16.7 Å². The first-order valence-corrected chi connectivity index (χ1v) is 7.07. The predicted molar refractivity (Wildman–Crippen MR) is 73.5 cm³/mol. The highest BCUT2D eigenvalue weighted by Gasteiger charge is 2.39. The molecule has 3 rings (SSSR count). The van der Waals surface area contributed by atoms with E-state index in [2.05, 4.69) is 17.0 Å². The van der Waals surface area contributed by atoms with Crippen LogP contribution >= 0.6 is 0 Å². The van der Waals surface area contributed by atoms with E-state index in [1.54, 1.807) is 0 Å². The van der Waals surface area contributed by atoms with Gasteiger partial charge in [0.25, 0.3) is 0 Å². The predicted octanol–water partition coefficient (Wildman–Crippen LogP) is 3.72. The van der Waals surface area contributed by atoms with Gasteiger partial charge in [-0.25, -0.2) is 0 Å². The summed E-state index contributed by atoms with van der Waals surface area (Å²) in [6.07, 6.45) is 8.29. The van der Waals surface area contributed by atoms with Gasteiger partial charge in [-0.1, -0.05) is 31.4 Å². The van der Waals surface area contributed by atoms with Gasteiger partial charge in [-0.2, -0.15) is 5.26 Å². The second-order valence-corrected chi connectivity index (χ2v) is 5.86. The Kier molecular flexibility index (Phi) is 2.99. The minimum atomic E-state index is 0.556. The number of anilines is 1. The van der Waals surface area contributed by atoms with Crippen LogP contribution in [0.3, 0.4) is 0 Å². The molecule has 0 radical (unpaired) electrons. The molecule has 2 fully saturated rings. The fraction of sp³-hybridized carbons (Fsp3) is 0.562. The average Bonchev–Trinajstić information content (AvgIpc) is 2.83. The molecule has 0 unspecified atom stereocenters. The SMILES string of the molecule is N#Cc1ccccc1N1CCC2(CCCCC2)C1. The maximum absolute atomic E-state index is 9.20. The number of nitriles is 1. The standard InChI is InChI=1S/C16H20N2/c17-12-14-6-2-3-7-15(14)18-11-10-16(13-18)8-4-1-5-9-16/h2-3,6-7H,1,4-5,8-11,13H2. The van der Waals surface area contributed by atoms with Crippen molar-refractivity contribution in [3.05, 3.63) is 29.8 Å². The van der Waals surface area contributed by atoms with Gasteiger partial charge in [0, 0.05) is 13.1 Å². The Morgan fingerprint density at radius 1 is 1.06 bits per heavy atom. The Bertz CT molecular complexity index is 466. The second-order valence-electron chi connectivity index (χ2n) is 5.86. The third-order valence-electron chi connectivity index (χ3n) is 4.72. The number of hydrogen-bond donors (Lipinski definition) is 0. The van der Waals surface area contributed by atoms with Crippen LogP contribution in [-0.4, -0.2) is 13.1 Å². The summed E-state index contributed by atoms with van der Waals surface area (Å²) in [6, 6.07) is 10.3. The van der Waals surface area contributed by atoms with Gasteiger partial charge < -0.3 is 4.90 Å². The number of benzene rings is 1. The van der Waals surface area contributed by atoms with E-state index in [1.807, 2.05) is 18.2 Å². The molecule has 0 atom stereocenters. The van der Waals surface area contributed by atoms with Crippen molar-refractivity contribution in [2.75, 3.05) is 18.0 Å². The van der Waals surface area contributed by atoms with Crippen LogP contribution in [-0.2, 0) is 0 Å². The van der Waals surface area contributed by atoms with Crippen molar-refractivity contribution < 1.29 is 0 Å². The van der Waals surface area contributed by atoms with E-state index in [0.717, 1.165) is 24.3 Å². The van der Waals surface area contributed by atoms with Crippen molar-refractivity contribution in [2.24, 2.45) is 5.41 Å². The molecule has 0 amide bonds. The number of hydrogen-bond acceptors (Lipinski definition) is 2. The zero-order valence-electron chi connectivity index (χ0n) is 10.9. The third-order valence-corrected chi connectivity index (χ3v) is 4.72. The van der Waals surface area contributed by atoms with Gasteiger partial charge in [0.15, 0.2) is 0 Å². The summed E-state index contributed by atoms with van der Waals surface area (Å²) in [6.45, 7) is 2.28. The largest absolute Gasteiger partial charge is 0.370 e. The summed E-state index contributed by atoms with van der Waals surface area (Å²) in [5.74, 6) is 0. The lowest BCUT2D eigenvalue weighted by Crippen LogP contribution is -2.29. The monoisotopic (exact) mass is 240 g/mol. The third kappa shape index (κ3) is 1.99. The van der Waals surface area contributed by atoms with E-state index in [1.165, 1.54) is 38.5 Å². The van der Waals surface area contributed by atoms with Crippen molar-refractivity contribution in [3.8, 4) is 6.07 Å². The highest BCUT2D eigenvalue weighted by Crippen LogP contribution is 2.45. The van der Waals surface area contributed by atoms with Gasteiger partial charge in [0.1, 0.15) is 6.07 Å². The fourth-order valence-electron chi connectivity index (χ4n) is 3.69. The number of rotatable bonds is 1. The molecule has 1 heterocycles. The van der Waals surface area contributed by atoms with E-state index >= 15 is 0 Å². The van der Waals surface area contributed by atoms with E-state index in [0.29, 0.717) is 5.41 Å². The zero-order valence-corrected chi connectivity index (χ0v) is 10.9. The van der Waals surface area contributed by atoms with Gasteiger partial charge in [-0.05, 0) is 36.8 Å². The molecule has 1 saturated carbocycles. The van der Waals surface area contributed by atoms with Gasteiger partial charge >= 0.3 is 0 Å². The van der Waals surface area contributed by atoms with E-state index < -0.39 is 0 Å². The van der Waals surface area contributed by atoms with Crippen LogP contribution in [0.2, 0.25) is 0 Å². The molecule has 0 aromatic heterocycles. The van der Waals surface area contributed by atoms with Crippen molar-refractivity contribution in [2.45, 2.75) is 38.5 Å². The molecular weight excluding hydrogens is 220 g/mol. The molecule has 1 aromatic rings. The Morgan fingerprint density at radius 3 is 2.61 bits per heavy atom. The van der Waals surface area contributed by atoms with E-state index in [-0.39, 0.29) is 0 Å². The number of nitrogens with zero attached hydrogens (tertiary/aromatic N) is 2. The summed E-state index contributed by atoms with van der Waals surface area (Å²) >= 11 is 0. The highest BCUT2D eigenvalue weighted by molar-refractivity contribution is 5.60. The van der Waals surface area contributed by atoms with E-state index in [4.69, 9.17) is 0 Å². The smallest absolute Gasteiger partial charge is 0.101 e. The molecule has 18 heavy (non-hydrogen) atoms. The first-order chi connectivity index (χ1) is 8.83. The molecule has 0 bridgehead atoms. The molecule has 1 aliphatic carbocycles. The quantitative estimate of drug-likeness (QED) is 0.748. The lowest BCUT2D eigenvalue weighted by Gasteiger charge is -2.33. The normalized spacial score (nSPS) is 22.1. The Balaban J connectivity index is 1.81.